The molecule has 1 aromatic rings. The van der Waals surface area contributed by atoms with Gasteiger partial charge in [-0.05, 0) is 13.3 Å². The van der Waals surface area contributed by atoms with Crippen molar-refractivity contribution in [3.8, 4) is 0 Å². The maximum Gasteiger partial charge on any atom is 0.147 e. The van der Waals surface area contributed by atoms with E-state index in [1.165, 1.54) is 0 Å². The Hall–Kier alpha value is -1.20. The molecular weight excluding hydrogens is 204 g/mol. The monoisotopic (exact) mass is 220 g/mol. The predicted octanol–water partition coefficient (Wildman–Crippen LogP) is 0.312. The van der Waals surface area contributed by atoms with Gasteiger partial charge in [0.1, 0.15) is 5.82 Å². The van der Waals surface area contributed by atoms with Crippen molar-refractivity contribution < 1.29 is 4.74 Å². The van der Waals surface area contributed by atoms with E-state index in [0.29, 0.717) is 5.92 Å². The summed E-state index contributed by atoms with van der Waals surface area (Å²) >= 11 is 0. The summed E-state index contributed by atoms with van der Waals surface area (Å²) in [5.74, 6) is 1.34. The van der Waals surface area contributed by atoms with Gasteiger partial charge < -0.3 is 15.8 Å². The molecule has 2 fully saturated rings. The molecule has 1 saturated carbocycles. The Morgan fingerprint density at radius 3 is 3.06 bits per heavy atom. The van der Waals surface area contributed by atoms with Crippen molar-refractivity contribution in [2.75, 3.05) is 11.9 Å². The Morgan fingerprint density at radius 2 is 2.25 bits per heavy atom. The number of nitrogens with two attached hydrogens (primary N) is 1. The zero-order valence-electron chi connectivity index (χ0n) is 9.26. The van der Waals surface area contributed by atoms with Crippen LogP contribution >= 0.6 is 0 Å². The predicted molar refractivity (Wildman–Crippen MR) is 60.0 cm³/mol. The smallest absolute Gasteiger partial charge is 0.147 e. The maximum absolute atomic E-state index is 6.12. The molecular formula is C11H16N4O. The molecule has 0 amide bonds. The number of anilines is 1. The Balaban J connectivity index is 1.74. The summed E-state index contributed by atoms with van der Waals surface area (Å²) in [6.07, 6.45) is 4.72. The van der Waals surface area contributed by atoms with Crippen molar-refractivity contribution in [2.24, 2.45) is 11.7 Å². The van der Waals surface area contributed by atoms with Crippen LogP contribution in [0.5, 0.6) is 0 Å². The normalized spacial score (nSPS) is 36.6. The summed E-state index contributed by atoms with van der Waals surface area (Å²) in [7, 11) is 0. The number of nitrogens with one attached hydrogen (secondary N) is 1. The van der Waals surface area contributed by atoms with E-state index in [1.54, 1.807) is 12.4 Å². The molecule has 5 nitrogen and oxygen atoms in total. The number of aromatic nitrogens is 2. The van der Waals surface area contributed by atoms with Crippen molar-refractivity contribution in [3.63, 3.8) is 0 Å². The Morgan fingerprint density at radius 1 is 1.44 bits per heavy atom. The second-order valence-electron chi connectivity index (χ2n) is 4.53. The van der Waals surface area contributed by atoms with Crippen LogP contribution in [0.3, 0.4) is 0 Å². The van der Waals surface area contributed by atoms with Gasteiger partial charge in [0.05, 0.1) is 17.8 Å². The standard InChI is InChI=1S/C11H16N4O/c1-6-11(14-4-3-13-6)15-9-8(12)7-2-5-16-10(7)9/h3-4,7-10H,2,5,12H2,1H3,(H,14,15). The first-order chi connectivity index (χ1) is 7.77. The van der Waals surface area contributed by atoms with Crippen LogP contribution in [-0.4, -0.2) is 34.8 Å². The van der Waals surface area contributed by atoms with E-state index in [2.05, 4.69) is 15.3 Å². The van der Waals surface area contributed by atoms with E-state index in [0.717, 1.165) is 24.5 Å². The van der Waals surface area contributed by atoms with Crippen LogP contribution in [0, 0.1) is 12.8 Å². The fraction of sp³-hybridized carbons (Fsp3) is 0.636. The number of fused-ring (bicyclic) bond motifs is 1. The van der Waals surface area contributed by atoms with Crippen molar-refractivity contribution in [1.82, 2.24) is 9.97 Å². The fourth-order valence-corrected chi connectivity index (χ4v) is 2.63. The molecule has 1 saturated heterocycles. The van der Waals surface area contributed by atoms with Gasteiger partial charge in [0, 0.05) is 31.0 Å². The molecule has 1 aliphatic carbocycles. The van der Waals surface area contributed by atoms with Crippen molar-refractivity contribution in [2.45, 2.75) is 31.5 Å². The summed E-state index contributed by atoms with van der Waals surface area (Å²) in [6, 6.07) is 0.358. The lowest BCUT2D eigenvalue weighted by Gasteiger charge is -2.45. The van der Waals surface area contributed by atoms with Gasteiger partial charge in [0.25, 0.3) is 0 Å². The lowest BCUT2D eigenvalue weighted by molar-refractivity contribution is 0.00521. The first-order valence-corrected chi connectivity index (χ1v) is 5.68. The number of aryl methyl sites for hydroxylation is 1. The first kappa shape index (κ1) is 9.99. The lowest BCUT2D eigenvalue weighted by atomic mass is 9.72. The van der Waals surface area contributed by atoms with E-state index in [1.807, 2.05) is 6.92 Å². The fourth-order valence-electron chi connectivity index (χ4n) is 2.63. The van der Waals surface area contributed by atoms with Crippen molar-refractivity contribution in [1.29, 1.82) is 0 Å². The Kier molecular flexibility index (Phi) is 2.29. The average Bonchev–Trinajstić information content (AvgIpc) is 2.72. The van der Waals surface area contributed by atoms with Gasteiger partial charge in [-0.15, -0.1) is 0 Å². The third kappa shape index (κ3) is 1.39. The van der Waals surface area contributed by atoms with Gasteiger partial charge in [-0.25, -0.2) is 4.98 Å². The third-order valence-electron chi connectivity index (χ3n) is 3.63. The van der Waals surface area contributed by atoms with E-state index in [-0.39, 0.29) is 18.2 Å². The van der Waals surface area contributed by atoms with Gasteiger partial charge in [-0.3, -0.25) is 4.98 Å². The lowest BCUT2D eigenvalue weighted by Crippen LogP contribution is -2.65. The Labute approximate surface area is 94.4 Å². The second-order valence-corrected chi connectivity index (χ2v) is 4.53. The highest BCUT2D eigenvalue weighted by molar-refractivity contribution is 5.42. The SMILES string of the molecule is Cc1nccnc1NC1C(N)C2CCOC21. The molecule has 0 aromatic carbocycles. The van der Waals surface area contributed by atoms with Crippen molar-refractivity contribution in [3.05, 3.63) is 18.1 Å². The van der Waals surface area contributed by atoms with Gasteiger partial charge in [-0.1, -0.05) is 0 Å². The van der Waals surface area contributed by atoms with Gasteiger partial charge >= 0.3 is 0 Å². The minimum atomic E-state index is 0.175. The molecule has 5 heteroatoms. The minimum absolute atomic E-state index is 0.175. The molecule has 4 atom stereocenters. The van der Waals surface area contributed by atoms with E-state index >= 15 is 0 Å². The van der Waals surface area contributed by atoms with E-state index in [9.17, 15) is 0 Å². The van der Waals surface area contributed by atoms with Gasteiger partial charge in [0.2, 0.25) is 0 Å². The van der Waals surface area contributed by atoms with Gasteiger partial charge in [0.15, 0.2) is 0 Å². The minimum Gasteiger partial charge on any atom is -0.376 e. The zero-order chi connectivity index (χ0) is 11.1. The summed E-state index contributed by atoms with van der Waals surface area (Å²) < 4.78 is 5.66. The quantitative estimate of drug-likeness (QED) is 0.750. The number of rotatable bonds is 2. The summed E-state index contributed by atoms with van der Waals surface area (Å²) in [6.45, 7) is 2.77. The molecule has 4 unspecified atom stereocenters. The van der Waals surface area contributed by atoms with E-state index in [4.69, 9.17) is 10.5 Å². The molecule has 3 rings (SSSR count). The number of ether oxygens (including phenoxy) is 1. The highest BCUT2D eigenvalue weighted by atomic mass is 16.5. The molecule has 0 bridgehead atoms. The highest BCUT2D eigenvalue weighted by Gasteiger charge is 2.52. The largest absolute Gasteiger partial charge is 0.376 e. The summed E-state index contributed by atoms with van der Waals surface area (Å²) in [5, 5.41) is 3.34. The Bertz CT molecular complexity index is 397. The number of nitrogens with zero attached hydrogens (tertiary/aromatic N) is 2. The molecule has 16 heavy (non-hydrogen) atoms. The molecule has 0 spiro atoms. The van der Waals surface area contributed by atoms with Crippen LogP contribution in [0.15, 0.2) is 12.4 Å². The van der Waals surface area contributed by atoms with E-state index < -0.39 is 0 Å². The van der Waals surface area contributed by atoms with Crippen LogP contribution in [0.25, 0.3) is 0 Å². The molecule has 2 heterocycles. The molecule has 2 aliphatic rings. The molecule has 0 radical (unpaired) electrons. The zero-order valence-corrected chi connectivity index (χ0v) is 9.26. The molecule has 3 N–H and O–H groups in total. The molecule has 1 aliphatic heterocycles. The average molecular weight is 220 g/mol. The topological polar surface area (TPSA) is 73.1 Å². The van der Waals surface area contributed by atoms with Crippen LogP contribution in [0.1, 0.15) is 12.1 Å². The summed E-state index contributed by atoms with van der Waals surface area (Å²) in [5.41, 5.74) is 7.01. The number of hydrogen-bond donors (Lipinski definition) is 2. The second kappa shape index (κ2) is 3.68. The highest BCUT2D eigenvalue weighted by Crippen LogP contribution is 2.39. The van der Waals surface area contributed by atoms with Crippen LogP contribution in [0.2, 0.25) is 0 Å². The van der Waals surface area contributed by atoms with Crippen LogP contribution in [-0.2, 0) is 4.74 Å². The first-order valence-electron chi connectivity index (χ1n) is 5.68. The van der Waals surface area contributed by atoms with Crippen LogP contribution < -0.4 is 11.1 Å². The van der Waals surface area contributed by atoms with Crippen molar-refractivity contribution >= 4 is 5.82 Å². The number of hydrogen-bond acceptors (Lipinski definition) is 5. The molecule has 86 valence electrons. The maximum atomic E-state index is 6.12. The van der Waals surface area contributed by atoms with Crippen LogP contribution in [0.4, 0.5) is 5.82 Å². The summed E-state index contributed by atoms with van der Waals surface area (Å²) in [4.78, 5) is 8.46. The molecule has 1 aromatic heterocycles. The third-order valence-corrected chi connectivity index (χ3v) is 3.63. The van der Waals surface area contributed by atoms with Gasteiger partial charge in [-0.2, -0.15) is 0 Å².